The molecule has 1 unspecified atom stereocenters. The van der Waals surface area contributed by atoms with Gasteiger partial charge in [-0.15, -0.1) is 0 Å². The van der Waals surface area contributed by atoms with Crippen molar-refractivity contribution in [1.29, 1.82) is 0 Å². The predicted molar refractivity (Wildman–Crippen MR) is 148 cm³/mol. The van der Waals surface area contributed by atoms with Gasteiger partial charge in [-0.1, -0.05) is 29.3 Å². The molecule has 2 saturated heterocycles. The molecule has 39 heavy (non-hydrogen) atoms. The number of morpholine rings is 1. The molecule has 0 saturated carbocycles. The monoisotopic (exact) mass is 619 g/mol. The third-order valence-corrected chi connectivity index (χ3v) is 11.0. The topological polar surface area (TPSA) is 122 Å². The van der Waals surface area contributed by atoms with Crippen molar-refractivity contribution < 1.29 is 31.1 Å². The van der Waals surface area contributed by atoms with Gasteiger partial charge in [0, 0.05) is 41.8 Å². The van der Waals surface area contributed by atoms with E-state index in [1.165, 1.54) is 20.7 Å². The lowest BCUT2D eigenvalue weighted by molar-refractivity contribution is -0.126. The first-order valence-corrected chi connectivity index (χ1v) is 16.4. The molecule has 14 heteroatoms. The van der Waals surface area contributed by atoms with Gasteiger partial charge in [-0.25, -0.2) is 21.1 Å². The van der Waals surface area contributed by atoms with Gasteiger partial charge in [0.05, 0.1) is 36.3 Å². The molecule has 0 spiro atoms. The maximum atomic E-state index is 13.0. The Morgan fingerprint density at radius 1 is 0.974 bits per heavy atom. The van der Waals surface area contributed by atoms with Crippen LogP contribution in [-0.2, 0) is 35.3 Å². The molecule has 1 atom stereocenters. The second kappa shape index (κ2) is 13.2. The summed E-state index contributed by atoms with van der Waals surface area (Å²) in [5, 5.41) is 3.37. The molecule has 0 aliphatic carbocycles. The predicted octanol–water partition coefficient (Wildman–Crippen LogP) is 2.75. The number of nitrogens with zero attached hydrogens (tertiary/aromatic N) is 2. The Balaban J connectivity index is 1.24. The largest absolute Gasteiger partial charge is 0.492 e. The number of ether oxygens (including phenoxy) is 2. The highest BCUT2D eigenvalue weighted by atomic mass is 35.5. The molecule has 10 nitrogen and oxygen atoms in total. The summed E-state index contributed by atoms with van der Waals surface area (Å²) in [6, 6.07) is 11.0. The lowest BCUT2D eigenvalue weighted by atomic mass is 9.99. The quantitative estimate of drug-likeness (QED) is 0.406. The molecular formula is C25H31Cl2N3O7S2. The first-order valence-electron chi connectivity index (χ1n) is 12.6. The fourth-order valence-electron chi connectivity index (χ4n) is 4.48. The van der Waals surface area contributed by atoms with E-state index < -0.39 is 26.0 Å². The number of nitrogens with one attached hydrogen (secondary N) is 1. The fraction of sp³-hybridized carbons (Fsp3) is 0.480. The Bertz CT molecular complexity index is 1350. The summed E-state index contributed by atoms with van der Waals surface area (Å²) < 4.78 is 65.1. The lowest BCUT2D eigenvalue weighted by Gasteiger charge is -2.31. The van der Waals surface area contributed by atoms with E-state index >= 15 is 0 Å². The Labute approximate surface area is 239 Å². The second-order valence-corrected chi connectivity index (χ2v) is 14.0. The van der Waals surface area contributed by atoms with Gasteiger partial charge in [-0.05, 0) is 49.2 Å². The normalized spacial score (nSPS) is 19.5. The van der Waals surface area contributed by atoms with Crippen LogP contribution in [0, 0.1) is 5.92 Å². The highest BCUT2D eigenvalue weighted by molar-refractivity contribution is 7.89. The molecule has 214 valence electrons. The van der Waals surface area contributed by atoms with Crippen molar-refractivity contribution in [3.63, 3.8) is 0 Å². The summed E-state index contributed by atoms with van der Waals surface area (Å²) in [4.78, 5) is 12.9. The maximum absolute atomic E-state index is 13.0. The lowest BCUT2D eigenvalue weighted by Crippen LogP contribution is -2.46. The number of benzene rings is 2. The van der Waals surface area contributed by atoms with Gasteiger partial charge < -0.3 is 14.8 Å². The van der Waals surface area contributed by atoms with Gasteiger partial charge in [0.1, 0.15) is 12.4 Å². The Kier molecular flexibility index (Phi) is 10.1. The summed E-state index contributed by atoms with van der Waals surface area (Å²) in [7, 11) is -7.31. The Morgan fingerprint density at radius 2 is 1.64 bits per heavy atom. The van der Waals surface area contributed by atoms with Crippen molar-refractivity contribution >= 4 is 49.2 Å². The van der Waals surface area contributed by atoms with E-state index in [0.717, 1.165) is 0 Å². The molecule has 2 fully saturated rings. The first kappa shape index (κ1) is 30.0. The van der Waals surface area contributed by atoms with Crippen LogP contribution in [0.1, 0.15) is 18.4 Å². The highest BCUT2D eigenvalue weighted by Crippen LogP contribution is 2.29. The summed E-state index contributed by atoms with van der Waals surface area (Å²) >= 11 is 12.3. The van der Waals surface area contributed by atoms with E-state index in [-0.39, 0.29) is 46.3 Å². The van der Waals surface area contributed by atoms with Crippen molar-refractivity contribution in [3.05, 3.63) is 58.1 Å². The second-order valence-electron chi connectivity index (χ2n) is 9.28. The van der Waals surface area contributed by atoms with Crippen LogP contribution in [0.5, 0.6) is 5.75 Å². The van der Waals surface area contributed by atoms with Gasteiger partial charge in [-0.3, -0.25) is 4.79 Å². The Morgan fingerprint density at radius 3 is 2.31 bits per heavy atom. The number of halogens is 2. The first-order chi connectivity index (χ1) is 18.6. The SMILES string of the molecule is O=C(NCCOc1ccc(S(=O)(=O)N2CCOCC2)cc1)C1CCCN(S(=O)(=O)Cc2c(Cl)cccc2Cl)C1. The number of sulfonamides is 2. The number of carbonyl (C=O) groups excluding carboxylic acids is 1. The smallest absolute Gasteiger partial charge is 0.243 e. The van der Waals surface area contributed by atoms with Crippen LogP contribution < -0.4 is 10.1 Å². The van der Waals surface area contributed by atoms with Crippen molar-refractivity contribution in [1.82, 2.24) is 13.9 Å². The third-order valence-electron chi connectivity index (χ3n) is 6.64. The van der Waals surface area contributed by atoms with Crippen molar-refractivity contribution in [2.45, 2.75) is 23.5 Å². The molecular weight excluding hydrogens is 589 g/mol. The molecule has 1 N–H and O–H groups in total. The molecule has 0 radical (unpaired) electrons. The van der Waals surface area contributed by atoms with Crippen LogP contribution >= 0.6 is 23.2 Å². The van der Waals surface area contributed by atoms with Crippen LogP contribution in [0.2, 0.25) is 10.0 Å². The molecule has 2 aromatic rings. The van der Waals surface area contributed by atoms with Gasteiger partial charge in [0.15, 0.2) is 0 Å². The molecule has 4 rings (SSSR count). The van der Waals surface area contributed by atoms with Crippen LogP contribution in [0.3, 0.4) is 0 Å². The summed E-state index contributed by atoms with van der Waals surface area (Å²) in [5.41, 5.74) is 0.344. The zero-order valence-electron chi connectivity index (χ0n) is 21.2. The molecule has 2 aliphatic rings. The molecule has 2 heterocycles. The minimum atomic E-state index is -3.72. The molecule has 0 bridgehead atoms. The molecule has 1 amide bonds. The zero-order valence-corrected chi connectivity index (χ0v) is 24.4. The standard InChI is InChI=1S/C25H31Cl2N3O7S2/c26-23-4-1-5-24(27)22(23)18-38(32,33)30-11-2-3-19(17-30)25(31)28-10-14-37-20-6-8-21(9-7-20)39(34,35)29-12-15-36-16-13-29/h1,4-9,19H,2-3,10-18H2,(H,28,31). The van der Waals surface area contributed by atoms with Gasteiger partial charge in [0.25, 0.3) is 0 Å². The number of rotatable bonds is 10. The number of hydrogen-bond acceptors (Lipinski definition) is 7. The van der Waals surface area contributed by atoms with E-state index in [2.05, 4.69) is 5.32 Å². The summed E-state index contributed by atoms with van der Waals surface area (Å²) in [6.07, 6.45) is 1.13. The van der Waals surface area contributed by atoms with Gasteiger partial charge in [-0.2, -0.15) is 4.31 Å². The molecule has 2 aliphatic heterocycles. The van der Waals surface area contributed by atoms with Gasteiger partial charge in [0.2, 0.25) is 26.0 Å². The maximum Gasteiger partial charge on any atom is 0.243 e. The fourth-order valence-corrected chi connectivity index (χ4v) is 8.25. The zero-order chi connectivity index (χ0) is 28.0. The Hall–Kier alpha value is -1.93. The van der Waals surface area contributed by atoms with E-state index in [4.69, 9.17) is 32.7 Å². The van der Waals surface area contributed by atoms with Crippen molar-refractivity contribution in [2.24, 2.45) is 5.92 Å². The summed E-state index contributed by atoms with van der Waals surface area (Å²) in [6.45, 7) is 2.18. The van der Waals surface area contributed by atoms with Crippen molar-refractivity contribution in [3.8, 4) is 5.75 Å². The van der Waals surface area contributed by atoms with Crippen LogP contribution in [0.4, 0.5) is 0 Å². The number of carbonyl (C=O) groups is 1. The van der Waals surface area contributed by atoms with Crippen LogP contribution in [0.25, 0.3) is 0 Å². The molecule has 2 aromatic carbocycles. The highest BCUT2D eigenvalue weighted by Gasteiger charge is 2.33. The van der Waals surface area contributed by atoms with E-state index in [1.54, 1.807) is 30.3 Å². The third kappa shape index (κ3) is 7.63. The summed E-state index contributed by atoms with van der Waals surface area (Å²) in [5.74, 6) is -0.597. The van der Waals surface area contributed by atoms with E-state index in [0.29, 0.717) is 57.0 Å². The van der Waals surface area contributed by atoms with Crippen LogP contribution in [-0.4, -0.2) is 83.9 Å². The van der Waals surface area contributed by atoms with Crippen molar-refractivity contribution in [2.75, 3.05) is 52.5 Å². The van der Waals surface area contributed by atoms with Crippen LogP contribution in [0.15, 0.2) is 47.4 Å². The molecule has 0 aromatic heterocycles. The number of hydrogen-bond donors (Lipinski definition) is 1. The van der Waals surface area contributed by atoms with E-state index in [1.807, 2.05) is 0 Å². The van der Waals surface area contributed by atoms with E-state index in [9.17, 15) is 21.6 Å². The number of amides is 1. The average Bonchev–Trinajstić information content (AvgIpc) is 2.94. The minimum Gasteiger partial charge on any atom is -0.492 e. The number of piperidine rings is 1. The minimum absolute atomic E-state index is 0.0795. The average molecular weight is 621 g/mol. The van der Waals surface area contributed by atoms with Gasteiger partial charge >= 0.3 is 0 Å².